The molecule has 1 aliphatic carbocycles. The summed E-state index contributed by atoms with van der Waals surface area (Å²) in [4.78, 5) is 20.2. The third kappa shape index (κ3) is 5.63. The summed E-state index contributed by atoms with van der Waals surface area (Å²) in [5, 5.41) is 2.40. The number of rotatable bonds is 6. The Balaban J connectivity index is 1.20. The Morgan fingerprint density at radius 1 is 0.915 bits per heavy atom. The zero-order valence-electron chi connectivity index (χ0n) is 25.4. The van der Waals surface area contributed by atoms with Gasteiger partial charge in [0.15, 0.2) is 4.80 Å². The maximum Gasteiger partial charge on any atom is 0.271 e. The van der Waals surface area contributed by atoms with Crippen LogP contribution in [0.25, 0.3) is 22.5 Å². The topological polar surface area (TPSA) is 52.8 Å². The van der Waals surface area contributed by atoms with Crippen LogP contribution in [0.2, 0.25) is 0 Å². The number of methoxy groups -OCH3 is 1. The van der Waals surface area contributed by atoms with E-state index in [-0.39, 0.29) is 11.6 Å². The lowest BCUT2D eigenvalue weighted by atomic mass is 9.83. The fourth-order valence-corrected chi connectivity index (χ4v) is 9.78. The molecule has 0 N–H and O–H groups in total. The van der Waals surface area contributed by atoms with E-state index in [1.165, 1.54) is 33.2 Å². The Morgan fingerprint density at radius 3 is 2.53 bits per heavy atom. The van der Waals surface area contributed by atoms with Crippen molar-refractivity contribution >= 4 is 79.1 Å². The summed E-state index contributed by atoms with van der Waals surface area (Å²) in [6.07, 6.45) is 3.75. The molecule has 1 atom stereocenters. The second kappa shape index (κ2) is 12.7. The summed E-state index contributed by atoms with van der Waals surface area (Å²) in [5.41, 5.74) is 7.71. The Hall–Kier alpha value is -3.74. The Bertz CT molecular complexity index is 2400. The molecule has 2 heterocycles. The Kier molecular flexibility index (Phi) is 8.27. The lowest BCUT2D eigenvalue weighted by molar-refractivity contribution is 0.303. The molecule has 47 heavy (non-hydrogen) atoms. The predicted molar refractivity (Wildman–Crippen MR) is 206 cm³/mol. The zero-order chi connectivity index (χ0) is 32.1. The van der Waals surface area contributed by atoms with Crippen molar-refractivity contribution < 1.29 is 9.47 Å². The number of nitrogens with zero attached hydrogens (tertiary/aromatic N) is 2. The van der Waals surface area contributed by atoms with Gasteiger partial charge in [-0.15, -0.1) is 0 Å². The highest BCUT2D eigenvalue weighted by atomic mass is 127. The highest BCUT2D eigenvalue weighted by Crippen LogP contribution is 2.41. The monoisotopic (exact) mass is 858 g/mol. The predicted octanol–water partition coefficient (Wildman–Crippen LogP) is 8.27. The summed E-state index contributed by atoms with van der Waals surface area (Å²) in [7, 11) is 1.68. The van der Waals surface area contributed by atoms with E-state index < -0.39 is 0 Å². The van der Waals surface area contributed by atoms with E-state index in [4.69, 9.17) is 14.5 Å². The van der Waals surface area contributed by atoms with Gasteiger partial charge in [0.05, 0.1) is 30.5 Å². The Morgan fingerprint density at radius 2 is 1.68 bits per heavy atom. The van der Waals surface area contributed by atoms with Gasteiger partial charge in [0.25, 0.3) is 5.56 Å². The first-order valence-electron chi connectivity index (χ1n) is 15.3. The summed E-state index contributed by atoms with van der Waals surface area (Å²) in [6, 6.07) is 35.2. The minimum atomic E-state index is -0.253. The van der Waals surface area contributed by atoms with Crippen molar-refractivity contribution in [2.45, 2.75) is 25.5 Å². The summed E-state index contributed by atoms with van der Waals surface area (Å²) in [5.74, 6) is 1.62. The molecule has 0 fully saturated rings. The van der Waals surface area contributed by atoms with Crippen molar-refractivity contribution in [3.05, 3.63) is 163 Å². The third-order valence-electron chi connectivity index (χ3n) is 8.85. The van der Waals surface area contributed by atoms with Crippen LogP contribution in [0.5, 0.6) is 11.5 Å². The molecule has 5 nitrogen and oxygen atoms in total. The summed E-state index contributed by atoms with van der Waals surface area (Å²) >= 11 is 6.11. The summed E-state index contributed by atoms with van der Waals surface area (Å²) in [6.45, 7) is 0.476. The average Bonchev–Trinajstić information content (AvgIpc) is 3.40. The fraction of sp³-hybridized carbons (Fsp3) is 0.128. The van der Waals surface area contributed by atoms with E-state index in [1.807, 2.05) is 28.8 Å². The van der Waals surface area contributed by atoms with E-state index in [9.17, 15) is 4.79 Å². The van der Waals surface area contributed by atoms with Crippen molar-refractivity contribution in [3.8, 4) is 11.5 Å². The van der Waals surface area contributed by atoms with Crippen molar-refractivity contribution in [2.75, 3.05) is 7.11 Å². The SMILES string of the molecule is COc1cccc([C@H]2C3=C(N=c4s/c(=C\c5cc(I)c(OCc6cccc7ccccc67)c(I)c5)c(=O)n42)c2ccccc2CC3)c1. The number of benzene rings is 5. The molecule has 5 aromatic carbocycles. The standard InChI is InChI=1S/C39H28I2N2O3S/c1-45-28-13-7-11-26(21-28)36-31-17-16-25-9-3-5-15-30(25)35(31)42-39-43(36)38(44)34(47-39)20-23-18-32(40)37(33(41)19-23)46-22-27-12-6-10-24-8-2-4-14-29(24)27/h2-15,18-21,36H,16-17,22H2,1H3/b34-20-/t36-/m0/s1. The van der Waals surface area contributed by atoms with Gasteiger partial charge in [0.2, 0.25) is 0 Å². The molecule has 0 bridgehead atoms. The maximum absolute atomic E-state index is 14.3. The highest BCUT2D eigenvalue weighted by molar-refractivity contribution is 14.1. The van der Waals surface area contributed by atoms with Gasteiger partial charge in [-0.2, -0.15) is 0 Å². The van der Waals surface area contributed by atoms with Crippen LogP contribution in [-0.4, -0.2) is 11.7 Å². The molecular formula is C39H28I2N2O3S. The van der Waals surface area contributed by atoms with Crippen molar-refractivity contribution in [2.24, 2.45) is 4.99 Å². The molecule has 0 saturated heterocycles. The van der Waals surface area contributed by atoms with Gasteiger partial charge in [-0.3, -0.25) is 9.36 Å². The van der Waals surface area contributed by atoms with Gasteiger partial charge >= 0.3 is 0 Å². The van der Waals surface area contributed by atoms with E-state index >= 15 is 0 Å². The van der Waals surface area contributed by atoms with Crippen LogP contribution < -0.4 is 24.4 Å². The second-order valence-corrected chi connectivity index (χ2v) is 15.0. The fourth-order valence-electron chi connectivity index (χ4n) is 6.65. The first-order valence-corrected chi connectivity index (χ1v) is 18.3. The Labute approximate surface area is 303 Å². The number of thiazole rings is 1. The quantitative estimate of drug-likeness (QED) is 0.159. The van der Waals surface area contributed by atoms with E-state index in [1.54, 1.807) is 7.11 Å². The van der Waals surface area contributed by atoms with Gasteiger partial charge in [0.1, 0.15) is 18.1 Å². The molecule has 232 valence electrons. The average molecular weight is 859 g/mol. The number of allylic oxidation sites excluding steroid dienone is 1. The molecule has 8 heteroatoms. The lowest BCUT2D eigenvalue weighted by Gasteiger charge is -2.31. The molecule has 0 spiro atoms. The van der Waals surface area contributed by atoms with Gasteiger partial charge < -0.3 is 9.47 Å². The van der Waals surface area contributed by atoms with Crippen LogP contribution in [-0.2, 0) is 13.0 Å². The van der Waals surface area contributed by atoms with Crippen molar-refractivity contribution in [3.63, 3.8) is 0 Å². The molecule has 0 amide bonds. The zero-order valence-corrected chi connectivity index (χ0v) is 30.5. The lowest BCUT2D eigenvalue weighted by Crippen LogP contribution is -2.38. The van der Waals surface area contributed by atoms with Gasteiger partial charge in [-0.1, -0.05) is 90.2 Å². The van der Waals surface area contributed by atoms with Crippen molar-refractivity contribution in [1.29, 1.82) is 0 Å². The van der Waals surface area contributed by atoms with Crippen LogP contribution in [0.3, 0.4) is 0 Å². The molecular weight excluding hydrogens is 830 g/mol. The number of hydrogen-bond donors (Lipinski definition) is 0. The number of aromatic nitrogens is 1. The smallest absolute Gasteiger partial charge is 0.271 e. The normalized spacial score (nSPS) is 15.6. The third-order valence-corrected chi connectivity index (χ3v) is 11.4. The molecule has 0 unspecified atom stereocenters. The molecule has 8 rings (SSSR count). The second-order valence-electron chi connectivity index (χ2n) is 11.6. The van der Waals surface area contributed by atoms with E-state index in [0.29, 0.717) is 15.9 Å². The van der Waals surface area contributed by atoms with Gasteiger partial charge in [-0.05, 0) is 127 Å². The van der Waals surface area contributed by atoms with Crippen LogP contribution in [0.4, 0.5) is 0 Å². The minimum absolute atomic E-state index is 0.0340. The largest absolute Gasteiger partial charge is 0.497 e. The molecule has 0 radical (unpaired) electrons. The molecule has 0 saturated carbocycles. The van der Waals surface area contributed by atoms with Gasteiger partial charge in [0, 0.05) is 5.56 Å². The molecule has 2 aliphatic rings. The van der Waals surface area contributed by atoms with Crippen LogP contribution in [0, 0.1) is 7.14 Å². The first kappa shape index (κ1) is 30.6. The van der Waals surface area contributed by atoms with Crippen LogP contribution in [0.1, 0.15) is 40.3 Å². The van der Waals surface area contributed by atoms with E-state index in [0.717, 1.165) is 59.4 Å². The van der Waals surface area contributed by atoms with Crippen molar-refractivity contribution in [1.82, 2.24) is 4.57 Å². The number of halogens is 2. The van der Waals surface area contributed by atoms with Crippen LogP contribution >= 0.6 is 56.5 Å². The maximum atomic E-state index is 14.3. The number of aryl methyl sites for hydroxylation is 1. The number of ether oxygens (including phenoxy) is 2. The highest BCUT2D eigenvalue weighted by Gasteiger charge is 2.32. The summed E-state index contributed by atoms with van der Waals surface area (Å²) < 4.78 is 16.5. The minimum Gasteiger partial charge on any atom is -0.497 e. The van der Waals surface area contributed by atoms with Gasteiger partial charge in [-0.25, -0.2) is 4.99 Å². The molecule has 6 aromatic rings. The number of hydrogen-bond acceptors (Lipinski definition) is 5. The van der Waals surface area contributed by atoms with Crippen LogP contribution in [0.15, 0.2) is 118 Å². The molecule has 1 aliphatic heterocycles. The molecule has 1 aromatic heterocycles. The number of fused-ring (bicyclic) bond motifs is 4. The van der Waals surface area contributed by atoms with E-state index in [2.05, 4.69) is 130 Å². The first-order chi connectivity index (χ1) is 23.0.